The van der Waals surface area contributed by atoms with Crippen LogP contribution in [0.2, 0.25) is 0 Å². The first-order valence-electron chi connectivity index (χ1n) is 10.2. The van der Waals surface area contributed by atoms with Crippen LogP contribution >= 0.6 is 0 Å². The zero-order chi connectivity index (χ0) is 18.6. The van der Waals surface area contributed by atoms with Crippen LogP contribution in [0.15, 0.2) is 29.1 Å². The predicted octanol–water partition coefficient (Wildman–Crippen LogP) is 2.24. The van der Waals surface area contributed by atoms with Crippen molar-refractivity contribution in [3.63, 3.8) is 0 Å². The van der Waals surface area contributed by atoms with Gasteiger partial charge in [-0.25, -0.2) is 4.98 Å². The second kappa shape index (κ2) is 8.21. The molecule has 2 aliphatic rings. The third kappa shape index (κ3) is 4.21. The Hall–Kier alpha value is -2.21. The van der Waals surface area contributed by atoms with E-state index in [1.54, 1.807) is 6.07 Å². The van der Waals surface area contributed by atoms with Gasteiger partial charge < -0.3 is 15.2 Å². The van der Waals surface area contributed by atoms with Crippen LogP contribution in [-0.4, -0.2) is 46.5 Å². The van der Waals surface area contributed by atoms with E-state index >= 15 is 0 Å². The standard InChI is InChI=1S/C21H28N4O2/c26-20(22-14-15-6-5-13-25-12-4-3-9-18(15)25)11-10-19-23-17-8-2-1-7-16(17)21(27)24-19/h1-2,7-8,15,18H,3-6,9-14H2,(H,22,26)(H,23,24,27)/t15-,18+/m0/s1. The van der Waals surface area contributed by atoms with Gasteiger partial charge in [-0.3, -0.25) is 9.59 Å². The van der Waals surface area contributed by atoms with Crippen molar-refractivity contribution in [1.82, 2.24) is 20.2 Å². The Morgan fingerprint density at radius 1 is 1.19 bits per heavy atom. The summed E-state index contributed by atoms with van der Waals surface area (Å²) in [6.07, 6.45) is 7.14. The smallest absolute Gasteiger partial charge is 0.258 e. The molecule has 2 aliphatic heterocycles. The summed E-state index contributed by atoms with van der Waals surface area (Å²) in [5.74, 6) is 1.19. The molecule has 0 radical (unpaired) electrons. The Kier molecular flexibility index (Phi) is 5.53. The summed E-state index contributed by atoms with van der Waals surface area (Å²) < 4.78 is 0. The number of rotatable bonds is 5. The normalized spacial score (nSPS) is 23.1. The lowest BCUT2D eigenvalue weighted by Crippen LogP contribution is -2.51. The van der Waals surface area contributed by atoms with Gasteiger partial charge in [-0.05, 0) is 56.8 Å². The molecule has 4 rings (SSSR count). The fourth-order valence-corrected chi connectivity index (χ4v) is 4.63. The number of nitrogens with zero attached hydrogens (tertiary/aromatic N) is 2. The summed E-state index contributed by atoms with van der Waals surface area (Å²) in [5, 5.41) is 3.71. The second-order valence-electron chi connectivity index (χ2n) is 7.84. The number of para-hydroxylation sites is 1. The molecule has 2 aromatic rings. The Bertz CT molecular complexity index is 861. The van der Waals surface area contributed by atoms with Gasteiger partial charge in [-0.1, -0.05) is 18.6 Å². The molecule has 27 heavy (non-hydrogen) atoms. The first kappa shape index (κ1) is 18.2. The Morgan fingerprint density at radius 3 is 2.96 bits per heavy atom. The molecular formula is C21H28N4O2. The minimum atomic E-state index is -0.143. The van der Waals surface area contributed by atoms with Crippen molar-refractivity contribution < 1.29 is 4.79 Å². The van der Waals surface area contributed by atoms with Gasteiger partial charge in [0.05, 0.1) is 10.9 Å². The van der Waals surface area contributed by atoms with E-state index in [1.165, 1.54) is 45.2 Å². The van der Waals surface area contributed by atoms with Crippen LogP contribution in [0, 0.1) is 5.92 Å². The average Bonchev–Trinajstić information content (AvgIpc) is 2.71. The lowest BCUT2D eigenvalue weighted by Gasteiger charge is -2.44. The maximum Gasteiger partial charge on any atom is 0.258 e. The fourth-order valence-electron chi connectivity index (χ4n) is 4.63. The molecule has 1 amide bonds. The number of aromatic nitrogens is 2. The van der Waals surface area contributed by atoms with E-state index < -0.39 is 0 Å². The van der Waals surface area contributed by atoms with Crippen LogP contribution in [0.1, 0.15) is 44.3 Å². The molecule has 144 valence electrons. The summed E-state index contributed by atoms with van der Waals surface area (Å²) in [6, 6.07) is 7.92. The number of fused-ring (bicyclic) bond motifs is 2. The topological polar surface area (TPSA) is 78.1 Å². The third-order valence-corrected chi connectivity index (χ3v) is 6.04. The number of carbonyl (C=O) groups excluding carboxylic acids is 1. The first-order chi connectivity index (χ1) is 13.2. The number of H-pyrrole nitrogens is 1. The molecule has 2 atom stereocenters. The molecule has 2 fully saturated rings. The van der Waals surface area contributed by atoms with Gasteiger partial charge >= 0.3 is 0 Å². The van der Waals surface area contributed by atoms with Gasteiger partial charge in [0, 0.05) is 25.4 Å². The minimum Gasteiger partial charge on any atom is -0.356 e. The number of hydrogen-bond donors (Lipinski definition) is 2. The van der Waals surface area contributed by atoms with E-state index in [4.69, 9.17) is 0 Å². The highest BCUT2D eigenvalue weighted by atomic mass is 16.1. The summed E-state index contributed by atoms with van der Waals surface area (Å²) >= 11 is 0. The molecule has 0 bridgehead atoms. The maximum absolute atomic E-state index is 12.3. The number of nitrogens with one attached hydrogen (secondary N) is 2. The number of aromatic amines is 1. The lowest BCUT2D eigenvalue weighted by atomic mass is 9.83. The van der Waals surface area contributed by atoms with Gasteiger partial charge in [0.15, 0.2) is 0 Å². The summed E-state index contributed by atoms with van der Waals surface area (Å²) in [5.41, 5.74) is 0.534. The first-order valence-corrected chi connectivity index (χ1v) is 10.2. The number of aryl methyl sites for hydroxylation is 1. The van der Waals surface area contributed by atoms with Crippen molar-refractivity contribution in [2.24, 2.45) is 5.92 Å². The third-order valence-electron chi connectivity index (χ3n) is 6.04. The number of carbonyl (C=O) groups is 1. The molecule has 0 spiro atoms. The molecule has 6 heteroatoms. The zero-order valence-electron chi connectivity index (χ0n) is 15.7. The van der Waals surface area contributed by atoms with Crippen molar-refractivity contribution in [2.75, 3.05) is 19.6 Å². The molecule has 0 saturated carbocycles. The maximum atomic E-state index is 12.3. The van der Waals surface area contributed by atoms with Crippen LogP contribution in [0.4, 0.5) is 0 Å². The van der Waals surface area contributed by atoms with Crippen LogP contribution in [0.25, 0.3) is 10.9 Å². The van der Waals surface area contributed by atoms with Crippen molar-refractivity contribution >= 4 is 16.8 Å². The highest BCUT2D eigenvalue weighted by molar-refractivity contribution is 5.78. The second-order valence-corrected chi connectivity index (χ2v) is 7.84. The largest absolute Gasteiger partial charge is 0.356 e. The van der Waals surface area contributed by atoms with Crippen LogP contribution in [-0.2, 0) is 11.2 Å². The fraction of sp³-hybridized carbons (Fsp3) is 0.571. The highest BCUT2D eigenvalue weighted by Gasteiger charge is 2.32. The van der Waals surface area contributed by atoms with E-state index in [1.807, 2.05) is 18.2 Å². The molecule has 0 aliphatic carbocycles. The Balaban J connectivity index is 1.30. The zero-order valence-corrected chi connectivity index (χ0v) is 15.7. The van der Waals surface area contributed by atoms with E-state index in [0.29, 0.717) is 41.5 Å². The summed E-state index contributed by atoms with van der Waals surface area (Å²) in [7, 11) is 0. The predicted molar refractivity (Wildman–Crippen MR) is 106 cm³/mol. The number of benzene rings is 1. The quantitative estimate of drug-likeness (QED) is 0.848. The van der Waals surface area contributed by atoms with Gasteiger partial charge in [0.25, 0.3) is 5.56 Å². The Morgan fingerprint density at radius 2 is 2.04 bits per heavy atom. The minimum absolute atomic E-state index is 0.0405. The van der Waals surface area contributed by atoms with Crippen molar-refractivity contribution in [3.8, 4) is 0 Å². The van der Waals surface area contributed by atoms with E-state index in [2.05, 4.69) is 20.2 Å². The highest BCUT2D eigenvalue weighted by Crippen LogP contribution is 2.30. The molecule has 1 aromatic heterocycles. The van der Waals surface area contributed by atoms with Crippen molar-refractivity contribution in [2.45, 2.75) is 51.0 Å². The number of piperidine rings is 2. The van der Waals surface area contributed by atoms with E-state index in [-0.39, 0.29) is 11.5 Å². The van der Waals surface area contributed by atoms with Gasteiger partial charge in [0.1, 0.15) is 5.82 Å². The molecule has 0 unspecified atom stereocenters. The molecule has 1 aromatic carbocycles. The monoisotopic (exact) mass is 368 g/mol. The molecule has 2 N–H and O–H groups in total. The molecular weight excluding hydrogens is 340 g/mol. The number of hydrogen-bond acceptors (Lipinski definition) is 4. The van der Waals surface area contributed by atoms with Crippen LogP contribution in [0.3, 0.4) is 0 Å². The van der Waals surface area contributed by atoms with Gasteiger partial charge in [-0.2, -0.15) is 0 Å². The average molecular weight is 368 g/mol. The van der Waals surface area contributed by atoms with Crippen molar-refractivity contribution in [1.29, 1.82) is 0 Å². The van der Waals surface area contributed by atoms with Crippen LogP contribution < -0.4 is 10.9 Å². The Labute approximate surface area is 159 Å². The van der Waals surface area contributed by atoms with Crippen molar-refractivity contribution in [3.05, 3.63) is 40.4 Å². The van der Waals surface area contributed by atoms with E-state index in [0.717, 1.165) is 6.54 Å². The van der Waals surface area contributed by atoms with Crippen LogP contribution in [0.5, 0.6) is 0 Å². The van der Waals surface area contributed by atoms with Gasteiger partial charge in [0.2, 0.25) is 5.91 Å². The lowest BCUT2D eigenvalue weighted by molar-refractivity contribution is -0.121. The number of amides is 1. The molecule has 2 saturated heterocycles. The molecule has 3 heterocycles. The molecule has 6 nitrogen and oxygen atoms in total. The van der Waals surface area contributed by atoms with Gasteiger partial charge in [-0.15, -0.1) is 0 Å². The summed E-state index contributed by atoms with van der Waals surface area (Å²) in [6.45, 7) is 3.20. The SMILES string of the molecule is O=C(CCc1nc2ccccc2c(=O)[nH]1)NC[C@@H]1CCCN2CCCC[C@H]12. The van der Waals surface area contributed by atoms with E-state index in [9.17, 15) is 9.59 Å². The summed E-state index contributed by atoms with van der Waals surface area (Å²) in [4.78, 5) is 34.3.